The second-order valence-corrected chi connectivity index (χ2v) is 8.26. The van der Waals surface area contributed by atoms with E-state index >= 15 is 0 Å². The molecule has 0 saturated heterocycles. The number of halogens is 2. The van der Waals surface area contributed by atoms with Gasteiger partial charge >= 0.3 is 0 Å². The van der Waals surface area contributed by atoms with Crippen molar-refractivity contribution in [1.29, 1.82) is 0 Å². The Bertz CT molecular complexity index is 1250. The van der Waals surface area contributed by atoms with Crippen LogP contribution >= 0.6 is 35.0 Å². The summed E-state index contributed by atoms with van der Waals surface area (Å²) in [6.07, 6.45) is 0. The highest BCUT2D eigenvalue weighted by Gasteiger charge is 2.19. The first-order valence-electron chi connectivity index (χ1n) is 9.38. The Morgan fingerprint density at radius 2 is 2.03 bits per heavy atom. The summed E-state index contributed by atoms with van der Waals surface area (Å²) in [6, 6.07) is 12.5. The molecule has 7 nitrogen and oxygen atoms in total. The quantitative estimate of drug-likeness (QED) is 0.341. The molecule has 0 aliphatic carbocycles. The number of anilines is 1. The van der Waals surface area contributed by atoms with Crippen molar-refractivity contribution in [3.05, 3.63) is 52.5 Å². The van der Waals surface area contributed by atoms with Crippen LogP contribution in [0.15, 0.2) is 52.0 Å². The maximum absolute atomic E-state index is 12.3. The predicted octanol–water partition coefficient (Wildman–Crippen LogP) is 5.76. The van der Waals surface area contributed by atoms with E-state index in [2.05, 4.69) is 15.5 Å². The van der Waals surface area contributed by atoms with Gasteiger partial charge in [-0.1, -0.05) is 47.1 Å². The van der Waals surface area contributed by atoms with Crippen molar-refractivity contribution in [2.75, 3.05) is 18.2 Å². The van der Waals surface area contributed by atoms with Gasteiger partial charge < -0.3 is 14.5 Å². The molecule has 2 aromatic heterocycles. The number of methoxy groups -OCH3 is 1. The Morgan fingerprint density at radius 3 is 2.77 bits per heavy atom. The van der Waals surface area contributed by atoms with Crippen molar-refractivity contribution in [3.8, 4) is 17.3 Å². The summed E-state index contributed by atoms with van der Waals surface area (Å²) in [5.41, 5.74) is 1.23. The van der Waals surface area contributed by atoms with E-state index in [1.807, 2.05) is 35.8 Å². The van der Waals surface area contributed by atoms with Crippen LogP contribution in [0.3, 0.4) is 0 Å². The van der Waals surface area contributed by atoms with Gasteiger partial charge in [-0.25, -0.2) is 0 Å². The normalized spacial score (nSPS) is 11.1. The van der Waals surface area contributed by atoms with Gasteiger partial charge in [-0.15, -0.1) is 10.2 Å². The number of fused-ring (bicyclic) bond motifs is 1. The highest BCUT2D eigenvalue weighted by atomic mass is 35.5. The molecule has 0 bridgehead atoms. The topological polar surface area (TPSA) is 82.2 Å². The molecule has 0 aliphatic rings. The molecule has 10 heteroatoms. The number of nitrogens with zero attached hydrogens (tertiary/aromatic N) is 3. The molecule has 31 heavy (non-hydrogen) atoms. The Morgan fingerprint density at radius 1 is 1.19 bits per heavy atom. The Balaban J connectivity index is 1.50. The first-order chi connectivity index (χ1) is 15.0. The van der Waals surface area contributed by atoms with Gasteiger partial charge in [0.2, 0.25) is 11.7 Å². The van der Waals surface area contributed by atoms with Crippen LogP contribution in [0, 0.1) is 0 Å². The number of para-hydroxylation sites is 1. The summed E-state index contributed by atoms with van der Waals surface area (Å²) in [6.45, 7) is 2.60. The molecule has 0 radical (unpaired) electrons. The zero-order valence-corrected chi connectivity index (χ0v) is 19.0. The maximum atomic E-state index is 12.3. The lowest BCUT2D eigenvalue weighted by atomic mass is 10.2. The third kappa shape index (κ3) is 4.51. The van der Waals surface area contributed by atoms with Crippen molar-refractivity contribution in [1.82, 2.24) is 14.8 Å². The van der Waals surface area contributed by atoms with E-state index in [1.165, 1.54) is 11.8 Å². The number of benzene rings is 2. The minimum absolute atomic E-state index is 0.159. The largest absolute Gasteiger partial charge is 0.493 e. The van der Waals surface area contributed by atoms with Gasteiger partial charge in [0.25, 0.3) is 0 Å². The lowest BCUT2D eigenvalue weighted by Gasteiger charge is -2.07. The molecule has 0 aliphatic heterocycles. The summed E-state index contributed by atoms with van der Waals surface area (Å²) >= 11 is 13.2. The molecule has 0 atom stereocenters. The van der Waals surface area contributed by atoms with Gasteiger partial charge in [0, 0.05) is 17.6 Å². The van der Waals surface area contributed by atoms with Gasteiger partial charge in [-0.2, -0.15) is 0 Å². The monoisotopic (exact) mass is 476 g/mol. The summed E-state index contributed by atoms with van der Waals surface area (Å²) < 4.78 is 13.3. The van der Waals surface area contributed by atoms with Gasteiger partial charge in [-0.05, 0) is 37.3 Å². The lowest BCUT2D eigenvalue weighted by Crippen LogP contribution is -2.14. The van der Waals surface area contributed by atoms with Crippen LogP contribution in [0.1, 0.15) is 6.92 Å². The van der Waals surface area contributed by atoms with E-state index in [4.69, 9.17) is 32.4 Å². The number of amides is 1. The molecule has 1 amide bonds. The maximum Gasteiger partial charge on any atom is 0.234 e. The van der Waals surface area contributed by atoms with Crippen molar-refractivity contribution in [2.24, 2.45) is 0 Å². The number of furan rings is 1. The molecular formula is C21H18Cl2N4O3S. The van der Waals surface area contributed by atoms with Gasteiger partial charge in [0.15, 0.2) is 22.2 Å². The van der Waals surface area contributed by atoms with Gasteiger partial charge in [0.05, 0.1) is 22.9 Å². The SMILES string of the molecule is CCn1c(SCC(=O)Nc2ccc(Cl)c(Cl)c2)nnc1-c1cc2cccc(OC)c2o1. The summed E-state index contributed by atoms with van der Waals surface area (Å²) in [5, 5.41) is 13.7. The van der Waals surface area contributed by atoms with Crippen molar-refractivity contribution in [2.45, 2.75) is 18.6 Å². The molecule has 0 spiro atoms. The molecule has 1 N–H and O–H groups in total. The Labute approximate surface area is 192 Å². The van der Waals surface area contributed by atoms with Crippen molar-refractivity contribution >= 4 is 57.5 Å². The number of carbonyl (C=O) groups is 1. The summed E-state index contributed by atoms with van der Waals surface area (Å²) in [5.74, 6) is 1.80. The summed E-state index contributed by atoms with van der Waals surface area (Å²) in [7, 11) is 1.60. The number of hydrogen-bond acceptors (Lipinski definition) is 6. The van der Waals surface area contributed by atoms with Gasteiger partial charge in [-0.3, -0.25) is 9.36 Å². The van der Waals surface area contributed by atoms with Crippen LogP contribution in [0.2, 0.25) is 10.0 Å². The zero-order valence-electron chi connectivity index (χ0n) is 16.7. The number of thioether (sulfide) groups is 1. The zero-order chi connectivity index (χ0) is 22.0. The second-order valence-electron chi connectivity index (χ2n) is 6.51. The second kappa shape index (κ2) is 9.21. The molecule has 0 fully saturated rings. The Hall–Kier alpha value is -2.68. The third-order valence-electron chi connectivity index (χ3n) is 4.52. The minimum Gasteiger partial charge on any atom is -0.493 e. The van der Waals surface area contributed by atoms with E-state index in [9.17, 15) is 4.79 Å². The van der Waals surface area contributed by atoms with Crippen LogP contribution in [-0.2, 0) is 11.3 Å². The van der Waals surface area contributed by atoms with E-state index in [0.717, 1.165) is 5.39 Å². The smallest absolute Gasteiger partial charge is 0.234 e. The fraction of sp³-hybridized carbons (Fsp3) is 0.190. The number of ether oxygens (including phenoxy) is 1. The fourth-order valence-electron chi connectivity index (χ4n) is 3.07. The van der Waals surface area contributed by atoms with E-state index in [1.54, 1.807) is 25.3 Å². The number of carbonyl (C=O) groups excluding carboxylic acids is 1. The standard InChI is InChI=1S/C21H18Cl2N4O3S/c1-3-27-20(17-9-12-5-4-6-16(29-2)19(12)30-17)25-26-21(27)31-11-18(28)24-13-7-8-14(22)15(23)10-13/h4-10H,3,11H2,1-2H3,(H,24,28). The van der Waals surface area contributed by atoms with Crippen LogP contribution < -0.4 is 10.1 Å². The number of rotatable bonds is 7. The van der Waals surface area contributed by atoms with Crippen LogP contribution in [-0.4, -0.2) is 33.5 Å². The van der Waals surface area contributed by atoms with Crippen molar-refractivity contribution < 1.29 is 13.9 Å². The fourth-order valence-corrected chi connectivity index (χ4v) is 4.17. The van der Waals surface area contributed by atoms with Crippen molar-refractivity contribution in [3.63, 3.8) is 0 Å². The molecule has 2 heterocycles. The molecular weight excluding hydrogens is 459 g/mol. The number of aromatic nitrogens is 3. The number of nitrogens with one attached hydrogen (secondary N) is 1. The van der Waals surface area contributed by atoms with Crippen LogP contribution in [0.4, 0.5) is 5.69 Å². The molecule has 0 saturated carbocycles. The van der Waals surface area contributed by atoms with Gasteiger partial charge in [0.1, 0.15) is 0 Å². The Kier molecular flexibility index (Phi) is 6.41. The highest BCUT2D eigenvalue weighted by Crippen LogP contribution is 2.34. The highest BCUT2D eigenvalue weighted by molar-refractivity contribution is 7.99. The average Bonchev–Trinajstić information content (AvgIpc) is 3.38. The minimum atomic E-state index is -0.191. The first-order valence-corrected chi connectivity index (χ1v) is 11.1. The van der Waals surface area contributed by atoms with E-state index in [-0.39, 0.29) is 11.7 Å². The molecule has 0 unspecified atom stereocenters. The molecule has 160 valence electrons. The predicted molar refractivity (Wildman–Crippen MR) is 123 cm³/mol. The first kappa shape index (κ1) is 21.5. The summed E-state index contributed by atoms with van der Waals surface area (Å²) in [4.78, 5) is 12.3. The molecule has 4 rings (SSSR count). The third-order valence-corrected chi connectivity index (χ3v) is 6.22. The van der Waals surface area contributed by atoms with E-state index in [0.29, 0.717) is 50.4 Å². The number of hydrogen-bond donors (Lipinski definition) is 1. The molecule has 4 aromatic rings. The molecule has 2 aromatic carbocycles. The average molecular weight is 477 g/mol. The lowest BCUT2D eigenvalue weighted by molar-refractivity contribution is -0.113. The van der Waals surface area contributed by atoms with Crippen LogP contribution in [0.5, 0.6) is 5.75 Å². The van der Waals surface area contributed by atoms with Crippen LogP contribution in [0.25, 0.3) is 22.6 Å². The van der Waals surface area contributed by atoms with E-state index < -0.39 is 0 Å².